The highest BCUT2D eigenvalue weighted by atomic mass is 16.6. The smallest absolute Gasteiger partial charge is 0.328 e. The Balaban J connectivity index is 2.56. The first-order valence-corrected chi connectivity index (χ1v) is 8.35. The third-order valence-electron chi connectivity index (χ3n) is 4.16. The van der Waals surface area contributed by atoms with Crippen LogP contribution < -0.4 is 0 Å². The number of methoxy groups -OCH3 is 1. The van der Waals surface area contributed by atoms with Crippen molar-refractivity contribution in [2.24, 2.45) is 5.41 Å². The molecule has 1 aromatic carbocycles. The lowest BCUT2D eigenvalue weighted by Gasteiger charge is -2.26. The Morgan fingerprint density at radius 1 is 1.08 bits per heavy atom. The summed E-state index contributed by atoms with van der Waals surface area (Å²) >= 11 is 0. The Labute approximate surface area is 148 Å². The Bertz CT molecular complexity index is 679. The minimum Gasteiger partial charge on any atom is -0.501 e. The van der Waals surface area contributed by atoms with Crippen molar-refractivity contribution in [2.45, 2.75) is 27.2 Å². The van der Waals surface area contributed by atoms with Gasteiger partial charge in [0.05, 0.1) is 26.1 Å². The van der Waals surface area contributed by atoms with Crippen molar-refractivity contribution < 1.29 is 23.8 Å². The highest BCUT2D eigenvalue weighted by molar-refractivity contribution is 6.06. The number of allylic oxidation sites excluding steroid dienone is 2. The van der Waals surface area contributed by atoms with E-state index in [0.29, 0.717) is 11.3 Å². The van der Waals surface area contributed by atoms with Gasteiger partial charge in [0.15, 0.2) is 5.41 Å². The number of benzene rings is 1. The van der Waals surface area contributed by atoms with Crippen LogP contribution in [0.25, 0.3) is 6.08 Å². The Morgan fingerprint density at radius 2 is 1.64 bits per heavy atom. The molecule has 1 aromatic rings. The summed E-state index contributed by atoms with van der Waals surface area (Å²) in [7, 11) is 1.52. The second-order valence-electron chi connectivity index (χ2n) is 5.85. The van der Waals surface area contributed by atoms with Gasteiger partial charge in [0.25, 0.3) is 0 Å². The topological polar surface area (TPSA) is 61.8 Å². The van der Waals surface area contributed by atoms with Crippen LogP contribution in [0.1, 0.15) is 31.4 Å². The van der Waals surface area contributed by atoms with E-state index in [1.807, 2.05) is 31.2 Å². The van der Waals surface area contributed by atoms with Crippen molar-refractivity contribution in [2.75, 3.05) is 20.3 Å². The first-order valence-electron chi connectivity index (χ1n) is 8.35. The van der Waals surface area contributed by atoms with Crippen molar-refractivity contribution in [3.8, 4) is 0 Å². The zero-order valence-corrected chi connectivity index (χ0v) is 15.1. The van der Waals surface area contributed by atoms with Gasteiger partial charge < -0.3 is 14.2 Å². The summed E-state index contributed by atoms with van der Waals surface area (Å²) in [6.45, 7) is 5.77. The van der Waals surface area contributed by atoms with Gasteiger partial charge >= 0.3 is 11.9 Å². The molecule has 0 heterocycles. The van der Waals surface area contributed by atoms with Gasteiger partial charge in [0.2, 0.25) is 0 Å². The van der Waals surface area contributed by atoms with E-state index in [9.17, 15) is 9.59 Å². The number of aryl methyl sites for hydroxylation is 1. The number of carbonyl (C=O) groups excluding carboxylic acids is 2. The van der Waals surface area contributed by atoms with Crippen LogP contribution in [0.5, 0.6) is 0 Å². The summed E-state index contributed by atoms with van der Waals surface area (Å²) in [6, 6.07) is 7.81. The summed E-state index contributed by atoms with van der Waals surface area (Å²) < 4.78 is 15.7. The molecule has 0 aromatic heterocycles. The first kappa shape index (κ1) is 18.8. The lowest BCUT2D eigenvalue weighted by molar-refractivity contribution is -0.168. The van der Waals surface area contributed by atoms with Crippen molar-refractivity contribution in [1.29, 1.82) is 0 Å². The van der Waals surface area contributed by atoms with Crippen LogP contribution >= 0.6 is 0 Å². The summed E-state index contributed by atoms with van der Waals surface area (Å²) in [6.07, 6.45) is 3.62. The van der Waals surface area contributed by atoms with E-state index in [1.165, 1.54) is 7.11 Å². The molecule has 134 valence electrons. The Hall–Kier alpha value is -2.56. The standard InChI is InChI=1S/C20H24O5/c1-5-24-18(21)20(19(22)25-6-2)13-17(23-4)12-16(20)11-15-9-7-14(3)8-10-15/h7-12H,5-6,13H2,1-4H3/b16-11-. The largest absolute Gasteiger partial charge is 0.501 e. The van der Waals surface area contributed by atoms with Crippen molar-refractivity contribution >= 4 is 18.0 Å². The molecule has 0 amide bonds. The SMILES string of the molecule is CCOC(=O)C1(C(=O)OCC)CC(OC)=C/C1=C/c1ccc(C)cc1. The highest BCUT2D eigenvalue weighted by Gasteiger charge is 2.55. The number of esters is 2. The van der Waals surface area contributed by atoms with E-state index in [-0.39, 0.29) is 19.6 Å². The molecule has 5 nitrogen and oxygen atoms in total. The average Bonchev–Trinajstić information content (AvgIpc) is 2.97. The number of rotatable bonds is 6. The average molecular weight is 344 g/mol. The molecule has 2 rings (SSSR count). The van der Waals surface area contributed by atoms with Crippen LogP contribution in [0.4, 0.5) is 0 Å². The monoisotopic (exact) mass is 344 g/mol. The predicted octanol–water partition coefficient (Wildman–Crippen LogP) is 3.43. The maximum Gasteiger partial charge on any atom is 0.328 e. The molecule has 0 atom stereocenters. The summed E-state index contributed by atoms with van der Waals surface area (Å²) in [4.78, 5) is 25.5. The zero-order chi connectivity index (χ0) is 18.4. The molecule has 0 unspecified atom stereocenters. The Kier molecular flexibility index (Phi) is 6.02. The fraction of sp³-hybridized carbons (Fsp3) is 0.400. The highest BCUT2D eigenvalue weighted by Crippen LogP contribution is 2.45. The minimum absolute atomic E-state index is 0.0961. The van der Waals surface area contributed by atoms with Crippen molar-refractivity contribution in [3.05, 3.63) is 52.8 Å². The first-order chi connectivity index (χ1) is 12.0. The van der Waals surface area contributed by atoms with E-state index in [0.717, 1.165) is 11.1 Å². The fourth-order valence-electron chi connectivity index (χ4n) is 2.82. The van der Waals surface area contributed by atoms with Crippen LogP contribution in [0, 0.1) is 12.3 Å². The summed E-state index contributed by atoms with van der Waals surface area (Å²) in [5.41, 5.74) is 1.00. The van der Waals surface area contributed by atoms with Crippen molar-refractivity contribution in [3.63, 3.8) is 0 Å². The molecular formula is C20H24O5. The van der Waals surface area contributed by atoms with Gasteiger partial charge in [-0.2, -0.15) is 0 Å². The predicted molar refractivity (Wildman–Crippen MR) is 94.6 cm³/mol. The molecular weight excluding hydrogens is 320 g/mol. The van der Waals surface area contributed by atoms with E-state index in [2.05, 4.69) is 0 Å². The molecule has 0 saturated heterocycles. The van der Waals surface area contributed by atoms with E-state index < -0.39 is 17.4 Å². The zero-order valence-electron chi connectivity index (χ0n) is 15.1. The van der Waals surface area contributed by atoms with E-state index >= 15 is 0 Å². The van der Waals surface area contributed by atoms with Crippen LogP contribution in [0.3, 0.4) is 0 Å². The maximum atomic E-state index is 12.7. The molecule has 5 heteroatoms. The normalized spacial score (nSPS) is 17.1. The lowest BCUT2D eigenvalue weighted by Crippen LogP contribution is -2.41. The summed E-state index contributed by atoms with van der Waals surface area (Å²) in [5, 5.41) is 0. The lowest BCUT2D eigenvalue weighted by atomic mass is 9.80. The molecule has 25 heavy (non-hydrogen) atoms. The number of hydrogen-bond acceptors (Lipinski definition) is 5. The van der Waals surface area contributed by atoms with Gasteiger partial charge in [-0.3, -0.25) is 9.59 Å². The molecule has 1 aliphatic carbocycles. The van der Waals surface area contributed by atoms with Crippen molar-refractivity contribution in [1.82, 2.24) is 0 Å². The maximum absolute atomic E-state index is 12.7. The van der Waals surface area contributed by atoms with Gasteiger partial charge in [-0.05, 0) is 44.1 Å². The van der Waals surface area contributed by atoms with Crippen LogP contribution in [-0.4, -0.2) is 32.3 Å². The molecule has 0 aliphatic heterocycles. The van der Waals surface area contributed by atoms with Crippen LogP contribution in [-0.2, 0) is 23.8 Å². The molecule has 0 bridgehead atoms. The van der Waals surface area contributed by atoms with Gasteiger partial charge in [-0.15, -0.1) is 0 Å². The van der Waals surface area contributed by atoms with Gasteiger partial charge in [0, 0.05) is 6.42 Å². The van der Waals surface area contributed by atoms with E-state index in [1.54, 1.807) is 26.0 Å². The quantitative estimate of drug-likeness (QED) is 0.584. The number of hydrogen-bond donors (Lipinski definition) is 0. The third kappa shape index (κ3) is 3.76. The number of ether oxygens (including phenoxy) is 3. The molecule has 1 aliphatic rings. The number of carbonyl (C=O) groups is 2. The molecule has 0 N–H and O–H groups in total. The minimum atomic E-state index is -1.53. The molecule has 0 radical (unpaired) electrons. The van der Waals surface area contributed by atoms with E-state index in [4.69, 9.17) is 14.2 Å². The molecule has 0 spiro atoms. The van der Waals surface area contributed by atoms with Crippen LogP contribution in [0.2, 0.25) is 0 Å². The molecule has 0 saturated carbocycles. The summed E-state index contributed by atoms with van der Waals surface area (Å²) in [5.74, 6) is -0.690. The van der Waals surface area contributed by atoms with Crippen LogP contribution in [0.15, 0.2) is 41.7 Å². The third-order valence-corrected chi connectivity index (χ3v) is 4.16. The molecule has 0 fully saturated rings. The Morgan fingerprint density at radius 3 is 2.12 bits per heavy atom. The second kappa shape index (κ2) is 8.01. The van der Waals surface area contributed by atoms with Gasteiger partial charge in [-0.1, -0.05) is 29.8 Å². The second-order valence-corrected chi connectivity index (χ2v) is 5.85. The van der Waals surface area contributed by atoms with Gasteiger partial charge in [0.1, 0.15) is 0 Å². The van der Waals surface area contributed by atoms with Gasteiger partial charge in [-0.25, -0.2) is 0 Å². The fourth-order valence-corrected chi connectivity index (χ4v) is 2.82.